The molecule has 0 amide bonds. The lowest BCUT2D eigenvalue weighted by Crippen LogP contribution is -2.18. The molecule has 0 radical (unpaired) electrons. The van der Waals surface area contributed by atoms with E-state index in [1.165, 1.54) is 5.56 Å². The molecule has 1 aromatic rings. The fourth-order valence-electron chi connectivity index (χ4n) is 1.82. The standard InChI is InChI=1S/C14H23NO2/c1-14(2,3)11-5-6-13(17-4)12(7-11)10(8-15)9-16/h5-7,10,16H,8-9,15H2,1-4H3. The van der Waals surface area contributed by atoms with Gasteiger partial charge in [0, 0.05) is 18.0 Å². The molecule has 1 unspecified atom stereocenters. The lowest BCUT2D eigenvalue weighted by Gasteiger charge is -2.23. The first-order valence-corrected chi connectivity index (χ1v) is 5.93. The first-order valence-electron chi connectivity index (χ1n) is 5.93. The van der Waals surface area contributed by atoms with Crippen LogP contribution in [-0.2, 0) is 5.41 Å². The van der Waals surface area contributed by atoms with Gasteiger partial charge in [-0.3, -0.25) is 0 Å². The number of hydrogen-bond acceptors (Lipinski definition) is 3. The molecule has 1 rings (SSSR count). The number of nitrogens with two attached hydrogens (primary N) is 1. The second kappa shape index (κ2) is 5.52. The first kappa shape index (κ1) is 14.0. The second-order valence-electron chi connectivity index (χ2n) is 5.32. The van der Waals surface area contributed by atoms with Crippen LogP contribution in [0.5, 0.6) is 5.75 Å². The Bertz CT molecular complexity index is 365. The van der Waals surface area contributed by atoms with E-state index >= 15 is 0 Å². The Morgan fingerprint density at radius 2 is 2.00 bits per heavy atom. The molecule has 0 aliphatic rings. The molecule has 1 aromatic carbocycles. The van der Waals surface area contributed by atoms with Crippen molar-refractivity contribution < 1.29 is 9.84 Å². The summed E-state index contributed by atoms with van der Waals surface area (Å²) in [6, 6.07) is 6.11. The number of rotatable bonds is 4. The van der Waals surface area contributed by atoms with E-state index in [0.717, 1.165) is 11.3 Å². The monoisotopic (exact) mass is 237 g/mol. The van der Waals surface area contributed by atoms with Gasteiger partial charge in [-0.05, 0) is 17.0 Å². The van der Waals surface area contributed by atoms with Gasteiger partial charge in [0.25, 0.3) is 0 Å². The molecule has 96 valence electrons. The van der Waals surface area contributed by atoms with Crippen molar-refractivity contribution >= 4 is 0 Å². The van der Waals surface area contributed by atoms with E-state index in [1.54, 1.807) is 7.11 Å². The normalized spacial score (nSPS) is 13.5. The van der Waals surface area contributed by atoms with Gasteiger partial charge >= 0.3 is 0 Å². The van der Waals surface area contributed by atoms with E-state index in [4.69, 9.17) is 10.5 Å². The first-order chi connectivity index (χ1) is 7.93. The highest BCUT2D eigenvalue weighted by Gasteiger charge is 2.19. The summed E-state index contributed by atoms with van der Waals surface area (Å²) in [5.74, 6) is 0.731. The Morgan fingerprint density at radius 3 is 2.41 bits per heavy atom. The topological polar surface area (TPSA) is 55.5 Å². The zero-order valence-electron chi connectivity index (χ0n) is 11.2. The van der Waals surface area contributed by atoms with Gasteiger partial charge in [-0.25, -0.2) is 0 Å². The minimum Gasteiger partial charge on any atom is -0.496 e. The maximum atomic E-state index is 9.36. The van der Waals surface area contributed by atoms with E-state index in [-0.39, 0.29) is 17.9 Å². The summed E-state index contributed by atoms with van der Waals surface area (Å²) in [5.41, 5.74) is 7.97. The summed E-state index contributed by atoms with van der Waals surface area (Å²) in [5, 5.41) is 9.36. The van der Waals surface area contributed by atoms with Crippen LogP contribution in [0.4, 0.5) is 0 Å². The average molecular weight is 237 g/mol. The zero-order chi connectivity index (χ0) is 13.1. The Balaban J connectivity index is 3.24. The Labute approximate surface area is 104 Å². The number of aliphatic hydroxyl groups is 1. The van der Waals surface area contributed by atoms with E-state index in [9.17, 15) is 5.11 Å². The van der Waals surface area contributed by atoms with Crippen molar-refractivity contribution in [2.75, 3.05) is 20.3 Å². The molecule has 0 bridgehead atoms. The lowest BCUT2D eigenvalue weighted by molar-refractivity contribution is 0.264. The van der Waals surface area contributed by atoms with Gasteiger partial charge in [0.2, 0.25) is 0 Å². The van der Waals surface area contributed by atoms with Crippen LogP contribution in [-0.4, -0.2) is 25.4 Å². The Morgan fingerprint density at radius 1 is 1.35 bits per heavy atom. The second-order valence-corrected chi connectivity index (χ2v) is 5.32. The predicted octanol–water partition coefficient (Wildman–Crippen LogP) is 2.03. The molecule has 0 saturated carbocycles. The van der Waals surface area contributed by atoms with Crippen LogP contribution in [0.1, 0.15) is 37.8 Å². The zero-order valence-corrected chi connectivity index (χ0v) is 11.2. The molecule has 3 nitrogen and oxygen atoms in total. The molecule has 17 heavy (non-hydrogen) atoms. The minimum absolute atomic E-state index is 0.0421. The average Bonchev–Trinajstić information content (AvgIpc) is 2.29. The third-order valence-electron chi connectivity index (χ3n) is 3.04. The van der Waals surface area contributed by atoms with Crippen LogP contribution >= 0.6 is 0 Å². The van der Waals surface area contributed by atoms with Crippen molar-refractivity contribution in [1.82, 2.24) is 0 Å². The molecular formula is C14H23NO2. The van der Waals surface area contributed by atoms with Crippen LogP contribution < -0.4 is 10.5 Å². The largest absolute Gasteiger partial charge is 0.496 e. The van der Waals surface area contributed by atoms with Crippen molar-refractivity contribution in [1.29, 1.82) is 0 Å². The summed E-state index contributed by atoms with van der Waals surface area (Å²) in [7, 11) is 1.64. The molecule has 0 saturated heterocycles. The number of aliphatic hydroxyl groups excluding tert-OH is 1. The van der Waals surface area contributed by atoms with Crippen LogP contribution in [0.25, 0.3) is 0 Å². The summed E-state index contributed by atoms with van der Waals surface area (Å²) in [4.78, 5) is 0. The van der Waals surface area contributed by atoms with Gasteiger partial charge in [0.1, 0.15) is 5.75 Å². The molecule has 1 atom stereocenters. The quantitative estimate of drug-likeness (QED) is 0.842. The summed E-state index contributed by atoms with van der Waals surface area (Å²) >= 11 is 0. The van der Waals surface area contributed by atoms with E-state index < -0.39 is 0 Å². The molecule has 3 N–H and O–H groups in total. The fourth-order valence-corrected chi connectivity index (χ4v) is 1.82. The number of methoxy groups -OCH3 is 1. The third-order valence-corrected chi connectivity index (χ3v) is 3.04. The van der Waals surface area contributed by atoms with Crippen LogP contribution in [0, 0.1) is 0 Å². The van der Waals surface area contributed by atoms with Crippen molar-refractivity contribution in [2.45, 2.75) is 32.1 Å². The van der Waals surface area contributed by atoms with Gasteiger partial charge in [-0.15, -0.1) is 0 Å². The maximum absolute atomic E-state index is 9.36. The van der Waals surface area contributed by atoms with Gasteiger partial charge in [-0.1, -0.05) is 32.9 Å². The molecular weight excluding hydrogens is 214 g/mol. The van der Waals surface area contributed by atoms with Crippen LogP contribution in [0.15, 0.2) is 18.2 Å². The highest BCUT2D eigenvalue weighted by atomic mass is 16.5. The molecule has 3 heteroatoms. The van der Waals surface area contributed by atoms with E-state index in [1.807, 2.05) is 6.07 Å². The highest BCUT2D eigenvalue weighted by Crippen LogP contribution is 2.31. The minimum atomic E-state index is -0.0627. The molecule has 0 aliphatic carbocycles. The summed E-state index contributed by atoms with van der Waals surface area (Å²) in [6.07, 6.45) is 0. The number of hydrogen-bond donors (Lipinski definition) is 2. The SMILES string of the molecule is COc1ccc(C(C)(C)C)cc1C(CN)CO. The van der Waals surface area contributed by atoms with E-state index in [2.05, 4.69) is 32.9 Å². The van der Waals surface area contributed by atoms with Gasteiger partial charge in [0.15, 0.2) is 0 Å². The maximum Gasteiger partial charge on any atom is 0.122 e. The molecule has 0 fully saturated rings. The van der Waals surface area contributed by atoms with Crippen molar-refractivity contribution in [3.63, 3.8) is 0 Å². The van der Waals surface area contributed by atoms with Gasteiger partial charge < -0.3 is 15.6 Å². The molecule has 0 aliphatic heterocycles. The molecule has 0 heterocycles. The van der Waals surface area contributed by atoms with Gasteiger partial charge in [-0.2, -0.15) is 0 Å². The molecule has 0 aromatic heterocycles. The van der Waals surface area contributed by atoms with Crippen molar-refractivity contribution in [2.24, 2.45) is 5.73 Å². The number of ether oxygens (including phenoxy) is 1. The predicted molar refractivity (Wildman–Crippen MR) is 70.6 cm³/mol. The summed E-state index contributed by atoms with van der Waals surface area (Å²) < 4.78 is 5.33. The summed E-state index contributed by atoms with van der Waals surface area (Å²) in [6.45, 7) is 6.94. The van der Waals surface area contributed by atoms with Crippen LogP contribution in [0.3, 0.4) is 0 Å². The van der Waals surface area contributed by atoms with Crippen molar-refractivity contribution in [3.05, 3.63) is 29.3 Å². The molecule has 0 spiro atoms. The van der Waals surface area contributed by atoms with E-state index in [0.29, 0.717) is 6.54 Å². The fraction of sp³-hybridized carbons (Fsp3) is 0.571. The third kappa shape index (κ3) is 3.20. The smallest absolute Gasteiger partial charge is 0.122 e. The van der Waals surface area contributed by atoms with Gasteiger partial charge in [0.05, 0.1) is 13.7 Å². The van der Waals surface area contributed by atoms with Crippen molar-refractivity contribution in [3.8, 4) is 5.75 Å². The lowest BCUT2D eigenvalue weighted by atomic mass is 9.84. The highest BCUT2D eigenvalue weighted by molar-refractivity contribution is 5.42. The number of benzene rings is 1. The Kier molecular flexibility index (Phi) is 4.54. The van der Waals surface area contributed by atoms with Crippen LogP contribution in [0.2, 0.25) is 0 Å². The Hall–Kier alpha value is -1.06.